The number of rotatable bonds is 1. The van der Waals surface area contributed by atoms with Crippen LogP contribution >= 0.6 is 11.8 Å². The lowest BCUT2D eigenvalue weighted by atomic mass is 10.1. The molecule has 2 aliphatic rings. The van der Waals surface area contributed by atoms with Crippen molar-refractivity contribution in [3.05, 3.63) is 11.3 Å². The van der Waals surface area contributed by atoms with Crippen LogP contribution in [0.5, 0.6) is 0 Å². The molecule has 4 heteroatoms. The molecule has 0 aromatic rings. The number of nitrogens with zero attached hydrogens (tertiary/aromatic N) is 2. The quantitative estimate of drug-likeness (QED) is 0.592. The van der Waals surface area contributed by atoms with Gasteiger partial charge in [0, 0.05) is 31.0 Å². The molecule has 0 unspecified atom stereocenters. The molecule has 0 fully saturated rings. The van der Waals surface area contributed by atoms with Gasteiger partial charge in [-0.25, -0.2) is 0 Å². The van der Waals surface area contributed by atoms with E-state index in [1.807, 2.05) is 11.8 Å². The molecule has 0 aromatic heterocycles. The molecule has 3 nitrogen and oxygen atoms in total. The van der Waals surface area contributed by atoms with E-state index < -0.39 is 0 Å². The number of amides is 1. The minimum Gasteiger partial charge on any atom is -0.341 e. The summed E-state index contributed by atoms with van der Waals surface area (Å²) in [6, 6.07) is 0. The Hall–Kier alpha value is -0.770. The number of hydrogen-bond donors (Lipinski definition) is 0. The molecule has 0 N–H and O–H groups in total. The molecule has 0 bridgehead atoms. The SMILES string of the molecule is CC1=NC2=C(CS1)CN(C=O)CC2. The molecule has 2 aliphatic heterocycles. The van der Waals surface area contributed by atoms with E-state index in [0.717, 1.165) is 36.7 Å². The highest BCUT2D eigenvalue weighted by atomic mass is 32.2. The first-order chi connectivity index (χ1) is 6.29. The lowest BCUT2D eigenvalue weighted by molar-refractivity contribution is -0.117. The predicted octanol–water partition coefficient (Wildman–Crippen LogP) is 1.27. The van der Waals surface area contributed by atoms with Crippen molar-refractivity contribution >= 4 is 23.2 Å². The highest BCUT2D eigenvalue weighted by Crippen LogP contribution is 2.27. The van der Waals surface area contributed by atoms with E-state index in [4.69, 9.17) is 0 Å². The van der Waals surface area contributed by atoms with Crippen molar-refractivity contribution in [1.82, 2.24) is 4.90 Å². The Morgan fingerprint density at radius 3 is 3.23 bits per heavy atom. The van der Waals surface area contributed by atoms with Gasteiger partial charge in [0.15, 0.2) is 0 Å². The average Bonchev–Trinajstić information content (AvgIpc) is 2.17. The van der Waals surface area contributed by atoms with Crippen LogP contribution in [0.3, 0.4) is 0 Å². The molecule has 0 saturated carbocycles. The van der Waals surface area contributed by atoms with E-state index in [-0.39, 0.29) is 0 Å². The topological polar surface area (TPSA) is 32.7 Å². The van der Waals surface area contributed by atoms with Gasteiger partial charge in [0.25, 0.3) is 0 Å². The van der Waals surface area contributed by atoms with Gasteiger partial charge in [-0.05, 0) is 12.5 Å². The number of carbonyl (C=O) groups is 1. The van der Waals surface area contributed by atoms with Crippen molar-refractivity contribution in [2.45, 2.75) is 13.3 Å². The molecule has 13 heavy (non-hydrogen) atoms. The molecule has 2 rings (SSSR count). The predicted molar refractivity (Wildman–Crippen MR) is 54.8 cm³/mol. The van der Waals surface area contributed by atoms with Gasteiger partial charge in [0.2, 0.25) is 6.41 Å². The highest BCUT2D eigenvalue weighted by molar-refractivity contribution is 8.14. The fraction of sp³-hybridized carbons (Fsp3) is 0.556. The Bertz CT molecular complexity index is 296. The summed E-state index contributed by atoms with van der Waals surface area (Å²) in [6.07, 6.45) is 1.85. The van der Waals surface area contributed by atoms with Gasteiger partial charge in [-0.15, -0.1) is 11.8 Å². The largest absolute Gasteiger partial charge is 0.341 e. The van der Waals surface area contributed by atoms with E-state index in [2.05, 4.69) is 4.99 Å². The van der Waals surface area contributed by atoms with Crippen LogP contribution in [0.25, 0.3) is 0 Å². The van der Waals surface area contributed by atoms with Crippen LogP contribution in [-0.4, -0.2) is 35.2 Å². The summed E-state index contributed by atoms with van der Waals surface area (Å²) >= 11 is 1.77. The molecule has 0 aliphatic carbocycles. The number of thioether (sulfide) groups is 1. The monoisotopic (exact) mass is 196 g/mol. The van der Waals surface area contributed by atoms with Crippen LogP contribution in [0.2, 0.25) is 0 Å². The number of aliphatic imine (C=N–C) groups is 1. The Balaban J connectivity index is 2.19. The van der Waals surface area contributed by atoms with Crippen LogP contribution in [0.15, 0.2) is 16.3 Å². The van der Waals surface area contributed by atoms with E-state index in [9.17, 15) is 4.79 Å². The maximum atomic E-state index is 10.6. The van der Waals surface area contributed by atoms with Crippen LogP contribution < -0.4 is 0 Å². The Kier molecular flexibility index (Phi) is 2.40. The van der Waals surface area contributed by atoms with E-state index >= 15 is 0 Å². The molecule has 2 heterocycles. The zero-order valence-electron chi connectivity index (χ0n) is 7.62. The third kappa shape index (κ3) is 1.77. The number of carbonyl (C=O) groups excluding carboxylic acids is 1. The van der Waals surface area contributed by atoms with Gasteiger partial charge in [-0.2, -0.15) is 0 Å². The summed E-state index contributed by atoms with van der Waals surface area (Å²) in [5.74, 6) is 1.01. The van der Waals surface area contributed by atoms with Crippen LogP contribution in [0.4, 0.5) is 0 Å². The minimum atomic E-state index is 0.780. The minimum absolute atomic E-state index is 0.780. The first-order valence-electron chi connectivity index (χ1n) is 4.38. The summed E-state index contributed by atoms with van der Waals surface area (Å²) < 4.78 is 0. The summed E-state index contributed by atoms with van der Waals surface area (Å²) in [4.78, 5) is 16.9. The van der Waals surface area contributed by atoms with Gasteiger partial charge in [-0.1, -0.05) is 0 Å². The fourth-order valence-corrected chi connectivity index (χ4v) is 2.43. The summed E-state index contributed by atoms with van der Waals surface area (Å²) in [5.41, 5.74) is 2.54. The summed E-state index contributed by atoms with van der Waals surface area (Å²) in [5, 5.41) is 1.15. The maximum Gasteiger partial charge on any atom is 0.210 e. The first kappa shape index (κ1) is 8.81. The van der Waals surface area contributed by atoms with E-state index in [0.29, 0.717) is 0 Å². The first-order valence-corrected chi connectivity index (χ1v) is 5.36. The second-order valence-electron chi connectivity index (χ2n) is 3.30. The van der Waals surface area contributed by atoms with E-state index in [1.54, 1.807) is 11.8 Å². The van der Waals surface area contributed by atoms with Crippen molar-refractivity contribution in [2.75, 3.05) is 18.8 Å². The Labute approximate surface area is 81.9 Å². The molecule has 0 atom stereocenters. The van der Waals surface area contributed by atoms with Crippen LogP contribution in [-0.2, 0) is 4.79 Å². The zero-order valence-corrected chi connectivity index (χ0v) is 8.43. The fourth-order valence-electron chi connectivity index (χ4n) is 1.61. The smallest absolute Gasteiger partial charge is 0.210 e. The standard InChI is InChI=1S/C9H12N2OS/c1-7-10-9-2-3-11(6-12)4-8(9)5-13-7/h6H,2-5H2,1H3. The average molecular weight is 196 g/mol. The molecule has 1 amide bonds. The van der Waals surface area contributed by atoms with Crippen LogP contribution in [0.1, 0.15) is 13.3 Å². The number of hydrogen-bond acceptors (Lipinski definition) is 3. The van der Waals surface area contributed by atoms with Crippen molar-refractivity contribution in [3.8, 4) is 0 Å². The summed E-state index contributed by atoms with van der Waals surface area (Å²) in [7, 11) is 0. The zero-order chi connectivity index (χ0) is 9.26. The van der Waals surface area contributed by atoms with Crippen LogP contribution in [0, 0.1) is 0 Å². The van der Waals surface area contributed by atoms with E-state index in [1.165, 1.54) is 11.3 Å². The summed E-state index contributed by atoms with van der Waals surface area (Å²) in [6.45, 7) is 3.65. The molecule has 0 aromatic carbocycles. The molecule has 0 radical (unpaired) electrons. The molecular formula is C9H12N2OS. The third-order valence-electron chi connectivity index (χ3n) is 2.33. The molecule has 0 saturated heterocycles. The van der Waals surface area contributed by atoms with Crippen molar-refractivity contribution in [2.24, 2.45) is 4.99 Å². The van der Waals surface area contributed by atoms with Gasteiger partial charge >= 0.3 is 0 Å². The van der Waals surface area contributed by atoms with Crippen molar-refractivity contribution in [3.63, 3.8) is 0 Å². The normalized spacial score (nSPS) is 22.5. The van der Waals surface area contributed by atoms with Crippen molar-refractivity contribution in [1.29, 1.82) is 0 Å². The van der Waals surface area contributed by atoms with Gasteiger partial charge in [-0.3, -0.25) is 9.79 Å². The third-order valence-corrected chi connectivity index (χ3v) is 3.34. The van der Waals surface area contributed by atoms with Gasteiger partial charge in [0.05, 0.1) is 5.04 Å². The Morgan fingerprint density at radius 2 is 2.46 bits per heavy atom. The lowest BCUT2D eigenvalue weighted by Gasteiger charge is -2.28. The molecular weight excluding hydrogens is 184 g/mol. The molecule has 70 valence electrons. The second-order valence-corrected chi connectivity index (χ2v) is 4.46. The Morgan fingerprint density at radius 1 is 1.62 bits per heavy atom. The van der Waals surface area contributed by atoms with Gasteiger partial charge in [0.1, 0.15) is 0 Å². The maximum absolute atomic E-state index is 10.6. The van der Waals surface area contributed by atoms with Gasteiger partial charge < -0.3 is 4.90 Å². The second kappa shape index (κ2) is 3.54. The molecule has 0 spiro atoms. The lowest BCUT2D eigenvalue weighted by Crippen LogP contribution is -2.32. The highest BCUT2D eigenvalue weighted by Gasteiger charge is 2.20. The van der Waals surface area contributed by atoms with Crippen molar-refractivity contribution < 1.29 is 4.79 Å².